The lowest BCUT2D eigenvalue weighted by molar-refractivity contribution is -0.102. The van der Waals surface area contributed by atoms with Gasteiger partial charge in [-0.15, -0.1) is 0 Å². The van der Waals surface area contributed by atoms with Crippen molar-refractivity contribution in [3.8, 4) is 0 Å². The Kier molecular flexibility index (Phi) is 4.85. The number of ether oxygens (including phenoxy) is 2. The van der Waals surface area contributed by atoms with E-state index in [-0.39, 0.29) is 12.1 Å². The minimum Gasteiger partial charge on any atom is -0.441 e. The van der Waals surface area contributed by atoms with Gasteiger partial charge in [0, 0.05) is 12.5 Å². The van der Waals surface area contributed by atoms with Gasteiger partial charge in [0.2, 0.25) is 0 Å². The number of aromatic nitrogens is 1. The van der Waals surface area contributed by atoms with Crippen molar-refractivity contribution in [2.24, 2.45) is 0 Å². The van der Waals surface area contributed by atoms with Crippen molar-refractivity contribution in [1.29, 1.82) is 0 Å². The van der Waals surface area contributed by atoms with Crippen LogP contribution < -0.4 is 5.32 Å². The van der Waals surface area contributed by atoms with Crippen LogP contribution >= 0.6 is 0 Å². The second kappa shape index (κ2) is 7.02. The zero-order valence-electron chi connectivity index (χ0n) is 12.4. The number of nitrogens with one attached hydrogen (secondary N) is 1. The molecule has 3 rings (SSSR count). The molecule has 0 amide bonds. The Bertz CT molecular complexity index is 530. The Hall–Kier alpha value is -1.43. The second-order valence-electron chi connectivity index (χ2n) is 5.32. The number of para-hydroxylation sites is 2. The molecule has 2 atom stereocenters. The molecule has 0 aliphatic carbocycles. The van der Waals surface area contributed by atoms with Crippen molar-refractivity contribution >= 4 is 11.1 Å². The van der Waals surface area contributed by atoms with Crippen molar-refractivity contribution in [2.45, 2.75) is 31.9 Å². The summed E-state index contributed by atoms with van der Waals surface area (Å²) in [7, 11) is 0. The average Bonchev–Trinajstić information content (AvgIpc) is 2.94. The summed E-state index contributed by atoms with van der Waals surface area (Å²) < 4.78 is 17.2. The van der Waals surface area contributed by atoms with Crippen LogP contribution in [0.3, 0.4) is 0 Å². The van der Waals surface area contributed by atoms with Crippen molar-refractivity contribution in [3.63, 3.8) is 0 Å². The van der Waals surface area contributed by atoms with Crippen LogP contribution in [0.15, 0.2) is 28.7 Å². The van der Waals surface area contributed by atoms with Gasteiger partial charge in [0.05, 0.1) is 25.9 Å². The van der Waals surface area contributed by atoms with E-state index in [1.807, 2.05) is 24.3 Å². The van der Waals surface area contributed by atoms with Crippen LogP contribution in [0.2, 0.25) is 0 Å². The molecule has 1 aliphatic heterocycles. The molecule has 1 fully saturated rings. The molecule has 21 heavy (non-hydrogen) atoms. The third-order valence-corrected chi connectivity index (χ3v) is 3.68. The zero-order valence-corrected chi connectivity index (χ0v) is 12.4. The Morgan fingerprint density at radius 1 is 1.33 bits per heavy atom. The molecular formula is C16H22N2O3. The highest BCUT2D eigenvalue weighted by Gasteiger charge is 2.26. The van der Waals surface area contributed by atoms with E-state index in [0.717, 1.165) is 30.0 Å². The SMILES string of the molecule is CCCNC(Cc1nc2ccccc2o1)C1COCCO1. The first-order chi connectivity index (χ1) is 10.4. The van der Waals surface area contributed by atoms with E-state index in [9.17, 15) is 0 Å². The largest absolute Gasteiger partial charge is 0.441 e. The molecule has 2 aromatic rings. The van der Waals surface area contributed by atoms with Gasteiger partial charge in [0.15, 0.2) is 11.5 Å². The highest BCUT2D eigenvalue weighted by Crippen LogP contribution is 2.18. The lowest BCUT2D eigenvalue weighted by Crippen LogP contribution is -2.48. The van der Waals surface area contributed by atoms with E-state index in [2.05, 4.69) is 17.2 Å². The molecule has 1 saturated heterocycles. The molecule has 0 radical (unpaired) electrons. The summed E-state index contributed by atoms with van der Waals surface area (Å²) in [6.45, 7) is 5.07. The van der Waals surface area contributed by atoms with E-state index in [1.165, 1.54) is 0 Å². The molecule has 0 saturated carbocycles. The van der Waals surface area contributed by atoms with E-state index >= 15 is 0 Å². The Balaban J connectivity index is 1.72. The van der Waals surface area contributed by atoms with Gasteiger partial charge in [-0.05, 0) is 25.1 Å². The normalized spacial score (nSPS) is 20.7. The fourth-order valence-electron chi connectivity index (χ4n) is 2.60. The maximum Gasteiger partial charge on any atom is 0.197 e. The van der Waals surface area contributed by atoms with Gasteiger partial charge in [-0.3, -0.25) is 0 Å². The fraction of sp³-hybridized carbons (Fsp3) is 0.562. The number of hydrogen-bond acceptors (Lipinski definition) is 5. The van der Waals surface area contributed by atoms with Crippen molar-refractivity contribution in [3.05, 3.63) is 30.2 Å². The first kappa shape index (κ1) is 14.5. The topological polar surface area (TPSA) is 56.5 Å². The standard InChI is InChI=1S/C16H22N2O3/c1-2-7-17-13(15-11-19-8-9-20-15)10-16-18-12-5-3-4-6-14(12)21-16/h3-6,13,15,17H,2,7-11H2,1H3. The Morgan fingerprint density at radius 2 is 2.24 bits per heavy atom. The van der Waals surface area contributed by atoms with Crippen molar-refractivity contribution < 1.29 is 13.9 Å². The fourth-order valence-corrected chi connectivity index (χ4v) is 2.60. The molecule has 114 valence electrons. The lowest BCUT2D eigenvalue weighted by atomic mass is 10.1. The predicted molar refractivity (Wildman–Crippen MR) is 80.4 cm³/mol. The van der Waals surface area contributed by atoms with Gasteiger partial charge in [0.1, 0.15) is 5.52 Å². The first-order valence-corrected chi connectivity index (χ1v) is 7.64. The van der Waals surface area contributed by atoms with Gasteiger partial charge in [-0.1, -0.05) is 19.1 Å². The Morgan fingerprint density at radius 3 is 3.00 bits per heavy atom. The van der Waals surface area contributed by atoms with E-state index in [4.69, 9.17) is 13.9 Å². The van der Waals surface area contributed by atoms with Gasteiger partial charge < -0.3 is 19.2 Å². The summed E-state index contributed by atoms with van der Waals surface area (Å²) in [5, 5.41) is 3.53. The monoisotopic (exact) mass is 290 g/mol. The second-order valence-corrected chi connectivity index (χ2v) is 5.32. The van der Waals surface area contributed by atoms with E-state index in [0.29, 0.717) is 26.2 Å². The summed E-state index contributed by atoms with van der Waals surface area (Å²) in [6.07, 6.45) is 1.85. The van der Waals surface area contributed by atoms with Crippen LogP contribution in [0, 0.1) is 0 Å². The predicted octanol–water partition coefficient (Wildman–Crippen LogP) is 2.15. The minimum absolute atomic E-state index is 0.0558. The number of oxazole rings is 1. The van der Waals surface area contributed by atoms with Crippen molar-refractivity contribution in [1.82, 2.24) is 10.3 Å². The maximum absolute atomic E-state index is 5.83. The zero-order chi connectivity index (χ0) is 14.5. The van der Waals surface area contributed by atoms with Crippen LogP contribution in [-0.2, 0) is 15.9 Å². The molecule has 1 aliphatic rings. The van der Waals surface area contributed by atoms with Crippen LogP contribution in [0.4, 0.5) is 0 Å². The van der Waals surface area contributed by atoms with Crippen molar-refractivity contribution in [2.75, 3.05) is 26.4 Å². The van der Waals surface area contributed by atoms with Gasteiger partial charge in [-0.25, -0.2) is 4.98 Å². The number of hydrogen-bond donors (Lipinski definition) is 1. The van der Waals surface area contributed by atoms with Crippen LogP contribution in [0.1, 0.15) is 19.2 Å². The quantitative estimate of drug-likeness (QED) is 0.883. The molecule has 1 aromatic carbocycles. The number of fused-ring (bicyclic) bond motifs is 1. The summed E-state index contributed by atoms with van der Waals surface area (Å²) in [5.74, 6) is 0.749. The van der Waals surface area contributed by atoms with Gasteiger partial charge in [-0.2, -0.15) is 0 Å². The molecule has 0 spiro atoms. The average molecular weight is 290 g/mol. The summed E-state index contributed by atoms with van der Waals surface area (Å²) in [6, 6.07) is 8.01. The number of benzene rings is 1. The van der Waals surface area contributed by atoms with Gasteiger partial charge in [0.25, 0.3) is 0 Å². The maximum atomic E-state index is 5.83. The summed E-state index contributed by atoms with van der Waals surface area (Å²) in [4.78, 5) is 4.55. The highest BCUT2D eigenvalue weighted by molar-refractivity contribution is 5.72. The van der Waals surface area contributed by atoms with Crippen LogP contribution in [-0.4, -0.2) is 43.5 Å². The first-order valence-electron chi connectivity index (χ1n) is 7.64. The Labute approximate surface area is 124 Å². The van der Waals surface area contributed by atoms with Gasteiger partial charge >= 0.3 is 0 Å². The minimum atomic E-state index is 0.0558. The molecule has 5 heteroatoms. The van der Waals surface area contributed by atoms with Crippen LogP contribution in [0.25, 0.3) is 11.1 Å². The van der Waals surface area contributed by atoms with E-state index < -0.39 is 0 Å². The third kappa shape index (κ3) is 3.61. The number of nitrogens with zero attached hydrogens (tertiary/aromatic N) is 1. The smallest absolute Gasteiger partial charge is 0.197 e. The highest BCUT2D eigenvalue weighted by atomic mass is 16.6. The molecule has 2 heterocycles. The molecule has 1 aromatic heterocycles. The van der Waals surface area contributed by atoms with Crippen LogP contribution in [0.5, 0.6) is 0 Å². The molecule has 1 N–H and O–H groups in total. The third-order valence-electron chi connectivity index (χ3n) is 3.68. The molecule has 2 unspecified atom stereocenters. The summed E-state index contributed by atoms with van der Waals surface area (Å²) >= 11 is 0. The molecule has 0 bridgehead atoms. The molecule has 5 nitrogen and oxygen atoms in total. The van der Waals surface area contributed by atoms with E-state index in [1.54, 1.807) is 0 Å². The molecular weight excluding hydrogens is 268 g/mol. The lowest BCUT2D eigenvalue weighted by Gasteiger charge is -2.30. The summed E-state index contributed by atoms with van der Waals surface area (Å²) in [5.41, 5.74) is 1.74. The number of rotatable bonds is 6.